The second-order valence-corrected chi connectivity index (χ2v) is 6.52. The Balaban J connectivity index is 1.36. The van der Waals surface area contributed by atoms with Crippen LogP contribution in [0, 0.1) is 5.92 Å². The molecule has 1 atom stereocenters. The number of aromatic nitrogens is 4. The van der Waals surface area contributed by atoms with Crippen molar-refractivity contribution in [2.24, 2.45) is 5.92 Å². The Morgan fingerprint density at radius 3 is 3.00 bits per heavy atom. The van der Waals surface area contributed by atoms with Crippen LogP contribution in [0.4, 0.5) is 4.79 Å². The van der Waals surface area contributed by atoms with E-state index in [-0.39, 0.29) is 6.03 Å². The predicted molar refractivity (Wildman–Crippen MR) is 94.2 cm³/mol. The Morgan fingerprint density at radius 1 is 1.36 bits per heavy atom. The van der Waals surface area contributed by atoms with Gasteiger partial charge in [-0.15, -0.1) is 0 Å². The molecule has 2 aromatic heterocycles. The number of hydrogen-bond donors (Lipinski definition) is 2. The number of nitrogens with one attached hydrogen (secondary N) is 2. The van der Waals surface area contributed by atoms with Crippen molar-refractivity contribution >= 4 is 6.03 Å². The van der Waals surface area contributed by atoms with Crippen LogP contribution in [0.5, 0.6) is 0 Å². The van der Waals surface area contributed by atoms with Gasteiger partial charge in [0.25, 0.3) is 0 Å². The lowest BCUT2D eigenvalue weighted by molar-refractivity contribution is 0.184. The van der Waals surface area contributed by atoms with Crippen molar-refractivity contribution in [3.8, 4) is 5.82 Å². The third-order valence-corrected chi connectivity index (χ3v) is 4.37. The third-order valence-electron chi connectivity index (χ3n) is 4.37. The number of likely N-dealkylation sites (tertiary alicyclic amines) is 1. The Kier molecular flexibility index (Phi) is 5.95. The molecule has 0 radical (unpaired) electrons. The summed E-state index contributed by atoms with van der Waals surface area (Å²) in [5.41, 5.74) is 0.934. The first-order chi connectivity index (χ1) is 12.2. The van der Waals surface area contributed by atoms with Crippen molar-refractivity contribution in [3.63, 3.8) is 0 Å². The molecular formula is C17H25N7O. The molecule has 2 aromatic rings. The fourth-order valence-corrected chi connectivity index (χ4v) is 3.05. The van der Waals surface area contributed by atoms with Gasteiger partial charge >= 0.3 is 6.03 Å². The average Bonchev–Trinajstić information content (AvgIpc) is 3.15. The van der Waals surface area contributed by atoms with E-state index >= 15 is 0 Å². The molecule has 8 nitrogen and oxygen atoms in total. The lowest BCUT2D eigenvalue weighted by Crippen LogP contribution is -2.42. The van der Waals surface area contributed by atoms with E-state index < -0.39 is 0 Å². The molecule has 0 aliphatic carbocycles. The van der Waals surface area contributed by atoms with Crippen LogP contribution in [-0.4, -0.2) is 56.9 Å². The first-order valence-electron chi connectivity index (χ1n) is 8.74. The van der Waals surface area contributed by atoms with E-state index in [9.17, 15) is 4.79 Å². The zero-order chi connectivity index (χ0) is 17.5. The number of pyridine rings is 1. The molecule has 1 fully saturated rings. The summed E-state index contributed by atoms with van der Waals surface area (Å²) in [5, 5.41) is 9.80. The fourth-order valence-electron chi connectivity index (χ4n) is 3.05. The molecule has 25 heavy (non-hydrogen) atoms. The molecule has 3 heterocycles. The highest BCUT2D eigenvalue weighted by atomic mass is 16.2. The smallest absolute Gasteiger partial charge is 0.315 e. The minimum absolute atomic E-state index is 0.148. The highest BCUT2D eigenvalue weighted by Gasteiger charge is 2.15. The summed E-state index contributed by atoms with van der Waals surface area (Å²) in [6, 6.07) is 3.62. The molecular weight excluding hydrogens is 318 g/mol. The normalized spacial score (nSPS) is 18.0. The van der Waals surface area contributed by atoms with Gasteiger partial charge in [-0.3, -0.25) is 0 Å². The number of carbonyl (C=O) groups is 1. The molecule has 1 unspecified atom stereocenters. The van der Waals surface area contributed by atoms with Crippen LogP contribution in [0.1, 0.15) is 25.3 Å². The Labute approximate surface area is 147 Å². The number of urea groups is 1. The van der Waals surface area contributed by atoms with Crippen LogP contribution in [0.3, 0.4) is 0 Å². The predicted octanol–water partition coefficient (Wildman–Crippen LogP) is 1.19. The zero-order valence-electron chi connectivity index (χ0n) is 14.6. The Morgan fingerprint density at radius 2 is 2.28 bits per heavy atom. The van der Waals surface area contributed by atoms with Crippen molar-refractivity contribution in [2.45, 2.75) is 26.3 Å². The highest BCUT2D eigenvalue weighted by molar-refractivity contribution is 5.73. The molecule has 1 saturated heterocycles. The molecule has 2 N–H and O–H groups in total. The number of amides is 2. The molecule has 1 aliphatic heterocycles. The standard InChI is InChI=1S/C17H25N7O/c1-14-3-2-7-23(11-14)8-6-19-17(25)21-10-15-4-5-16(20-9-15)24-13-18-12-22-24/h4-5,9,12-14H,2-3,6-8,10-11H2,1H3,(H2,19,21,25). The molecule has 0 spiro atoms. The first kappa shape index (κ1) is 17.3. The van der Waals surface area contributed by atoms with Crippen LogP contribution in [-0.2, 0) is 6.54 Å². The third kappa shape index (κ3) is 5.25. The number of carbonyl (C=O) groups excluding carboxylic acids is 1. The van der Waals surface area contributed by atoms with Gasteiger partial charge in [-0.2, -0.15) is 5.10 Å². The lowest BCUT2D eigenvalue weighted by Gasteiger charge is -2.30. The van der Waals surface area contributed by atoms with Crippen LogP contribution >= 0.6 is 0 Å². The van der Waals surface area contributed by atoms with Crippen LogP contribution in [0.15, 0.2) is 31.0 Å². The highest BCUT2D eigenvalue weighted by Crippen LogP contribution is 2.14. The zero-order valence-corrected chi connectivity index (χ0v) is 14.6. The van der Waals surface area contributed by atoms with Crippen LogP contribution < -0.4 is 10.6 Å². The van der Waals surface area contributed by atoms with Gasteiger partial charge < -0.3 is 15.5 Å². The number of nitrogens with zero attached hydrogens (tertiary/aromatic N) is 5. The number of piperidine rings is 1. The van der Waals surface area contributed by atoms with Crippen molar-refractivity contribution in [3.05, 3.63) is 36.5 Å². The van der Waals surface area contributed by atoms with E-state index in [0.29, 0.717) is 18.9 Å². The quantitative estimate of drug-likeness (QED) is 0.823. The van der Waals surface area contributed by atoms with Crippen molar-refractivity contribution in [1.29, 1.82) is 0 Å². The van der Waals surface area contributed by atoms with E-state index in [4.69, 9.17) is 0 Å². The summed E-state index contributed by atoms with van der Waals surface area (Å²) in [6.45, 7) is 6.57. The lowest BCUT2D eigenvalue weighted by atomic mass is 10.0. The van der Waals surface area contributed by atoms with Gasteiger partial charge in [-0.05, 0) is 36.9 Å². The summed E-state index contributed by atoms with van der Waals surface area (Å²) in [5.74, 6) is 1.46. The number of hydrogen-bond acceptors (Lipinski definition) is 5. The van der Waals surface area contributed by atoms with Crippen LogP contribution in [0.2, 0.25) is 0 Å². The topological polar surface area (TPSA) is 88.0 Å². The summed E-state index contributed by atoms with van der Waals surface area (Å²) in [4.78, 5) is 22.5. The van der Waals surface area contributed by atoms with Crippen molar-refractivity contribution in [1.82, 2.24) is 35.3 Å². The van der Waals surface area contributed by atoms with E-state index in [0.717, 1.165) is 31.1 Å². The molecule has 0 bridgehead atoms. The second kappa shape index (κ2) is 8.57. The molecule has 0 aromatic carbocycles. The summed E-state index contributed by atoms with van der Waals surface area (Å²) in [7, 11) is 0. The molecule has 0 saturated carbocycles. The van der Waals surface area contributed by atoms with E-state index in [2.05, 4.69) is 37.5 Å². The van der Waals surface area contributed by atoms with Gasteiger partial charge in [-0.25, -0.2) is 19.4 Å². The fraction of sp³-hybridized carbons (Fsp3) is 0.529. The Hall–Kier alpha value is -2.48. The molecule has 134 valence electrons. The van der Waals surface area contributed by atoms with Crippen molar-refractivity contribution < 1.29 is 4.79 Å². The summed E-state index contributed by atoms with van der Waals surface area (Å²) < 4.78 is 1.59. The SMILES string of the molecule is CC1CCCN(CCNC(=O)NCc2ccc(-n3cncn3)nc2)C1. The minimum Gasteiger partial charge on any atom is -0.337 e. The molecule has 2 amide bonds. The maximum Gasteiger partial charge on any atom is 0.315 e. The van der Waals surface area contributed by atoms with E-state index in [1.165, 1.54) is 19.2 Å². The molecule has 3 rings (SSSR count). The van der Waals surface area contributed by atoms with Gasteiger partial charge in [0.2, 0.25) is 0 Å². The maximum absolute atomic E-state index is 11.9. The first-order valence-corrected chi connectivity index (χ1v) is 8.74. The molecule has 8 heteroatoms. The van der Waals surface area contributed by atoms with Crippen LogP contribution in [0.25, 0.3) is 5.82 Å². The van der Waals surface area contributed by atoms with Gasteiger partial charge in [-0.1, -0.05) is 13.0 Å². The van der Waals surface area contributed by atoms with Gasteiger partial charge in [0.15, 0.2) is 5.82 Å². The van der Waals surface area contributed by atoms with Gasteiger partial charge in [0, 0.05) is 32.4 Å². The van der Waals surface area contributed by atoms with E-state index in [1.54, 1.807) is 17.2 Å². The minimum atomic E-state index is -0.148. The summed E-state index contributed by atoms with van der Waals surface area (Å²) >= 11 is 0. The Bertz CT molecular complexity index is 656. The average molecular weight is 343 g/mol. The number of rotatable bonds is 6. The largest absolute Gasteiger partial charge is 0.337 e. The van der Waals surface area contributed by atoms with Gasteiger partial charge in [0.05, 0.1) is 0 Å². The van der Waals surface area contributed by atoms with Crippen molar-refractivity contribution in [2.75, 3.05) is 26.2 Å². The molecule has 1 aliphatic rings. The monoisotopic (exact) mass is 343 g/mol. The summed E-state index contributed by atoms with van der Waals surface area (Å²) in [6.07, 6.45) is 7.36. The maximum atomic E-state index is 11.9. The second-order valence-electron chi connectivity index (χ2n) is 6.52. The van der Waals surface area contributed by atoms with Gasteiger partial charge in [0.1, 0.15) is 12.7 Å². The van der Waals surface area contributed by atoms with E-state index in [1.807, 2.05) is 12.1 Å².